The van der Waals surface area contributed by atoms with Gasteiger partial charge in [-0.2, -0.15) is 4.52 Å². The molecular weight excluding hydrogens is 248 g/mol. The van der Waals surface area contributed by atoms with E-state index in [9.17, 15) is 0 Å². The van der Waals surface area contributed by atoms with E-state index in [4.69, 9.17) is 5.84 Å². The molecule has 0 saturated carbocycles. The van der Waals surface area contributed by atoms with Crippen molar-refractivity contribution < 1.29 is 0 Å². The Morgan fingerprint density at radius 2 is 2.17 bits per heavy atom. The smallest absolute Gasteiger partial charge is 0.236 e. The van der Waals surface area contributed by atoms with Gasteiger partial charge < -0.3 is 0 Å². The van der Waals surface area contributed by atoms with Crippen molar-refractivity contribution in [1.82, 2.24) is 19.8 Å². The Labute approximate surface area is 107 Å². The summed E-state index contributed by atoms with van der Waals surface area (Å²) in [5, 5.41) is 13.2. The van der Waals surface area contributed by atoms with Gasteiger partial charge in [0.25, 0.3) is 0 Å². The molecule has 0 aliphatic rings. The first-order valence-electron chi connectivity index (χ1n) is 5.50. The van der Waals surface area contributed by atoms with Crippen molar-refractivity contribution in [3.63, 3.8) is 0 Å². The minimum absolute atomic E-state index is 0.630. The number of nitrogens with two attached hydrogens (primary N) is 1. The fourth-order valence-corrected chi connectivity index (χ4v) is 2.47. The predicted molar refractivity (Wildman–Crippen MR) is 70.5 cm³/mol. The lowest BCUT2D eigenvalue weighted by molar-refractivity contribution is 0.849. The Bertz CT molecular complexity index is 686. The molecule has 0 bridgehead atoms. The van der Waals surface area contributed by atoms with Crippen LogP contribution in [0.5, 0.6) is 0 Å². The summed E-state index contributed by atoms with van der Waals surface area (Å²) in [6.07, 6.45) is 0.710. The maximum absolute atomic E-state index is 5.34. The van der Waals surface area contributed by atoms with Crippen molar-refractivity contribution in [3.8, 4) is 0 Å². The van der Waals surface area contributed by atoms with Crippen LogP contribution < -0.4 is 11.3 Å². The van der Waals surface area contributed by atoms with E-state index in [2.05, 4.69) is 39.8 Å². The third-order valence-corrected chi connectivity index (χ3v) is 3.62. The molecule has 6 nitrogen and oxygen atoms in total. The zero-order valence-corrected chi connectivity index (χ0v) is 10.6. The Morgan fingerprint density at radius 3 is 2.94 bits per heavy atom. The van der Waals surface area contributed by atoms with E-state index in [-0.39, 0.29) is 0 Å². The van der Waals surface area contributed by atoms with E-state index in [1.165, 1.54) is 22.5 Å². The standard InChI is InChI=1S/C11H12N6S/c1-7-4-2-3-5-8(7)6-9-14-15-11-17(9)16-10(13-12)18-11/h2-5H,6,12H2,1H3,(H,13,16). The zero-order valence-electron chi connectivity index (χ0n) is 9.79. The predicted octanol–water partition coefficient (Wildman–Crippen LogP) is 1.37. The van der Waals surface area contributed by atoms with E-state index in [1.807, 2.05) is 12.1 Å². The van der Waals surface area contributed by atoms with Gasteiger partial charge in [-0.05, 0) is 18.1 Å². The number of rotatable bonds is 3. The number of nitrogens with zero attached hydrogens (tertiary/aromatic N) is 4. The van der Waals surface area contributed by atoms with Gasteiger partial charge >= 0.3 is 0 Å². The molecule has 3 rings (SSSR count). The minimum Gasteiger partial charge on any atom is -0.298 e. The highest BCUT2D eigenvalue weighted by molar-refractivity contribution is 7.20. The lowest BCUT2D eigenvalue weighted by atomic mass is 10.1. The molecule has 0 unspecified atom stereocenters. The van der Waals surface area contributed by atoms with Crippen molar-refractivity contribution in [1.29, 1.82) is 0 Å². The number of fused-ring (bicyclic) bond motifs is 1. The Kier molecular flexibility index (Phi) is 2.69. The Morgan fingerprint density at radius 1 is 1.33 bits per heavy atom. The number of hydrogen-bond donors (Lipinski definition) is 2. The van der Waals surface area contributed by atoms with E-state index >= 15 is 0 Å². The van der Waals surface area contributed by atoms with Crippen molar-refractivity contribution >= 4 is 21.4 Å². The molecule has 0 spiro atoms. The lowest BCUT2D eigenvalue weighted by Gasteiger charge is -2.02. The number of hydrogen-bond acceptors (Lipinski definition) is 6. The summed E-state index contributed by atoms with van der Waals surface area (Å²) < 4.78 is 1.73. The monoisotopic (exact) mass is 260 g/mol. The molecule has 0 atom stereocenters. The van der Waals surface area contributed by atoms with Crippen LogP contribution in [0.2, 0.25) is 0 Å². The average Bonchev–Trinajstić information content (AvgIpc) is 2.93. The molecule has 18 heavy (non-hydrogen) atoms. The Balaban J connectivity index is 2.00. The van der Waals surface area contributed by atoms with Gasteiger partial charge in [0.15, 0.2) is 5.82 Å². The third-order valence-electron chi connectivity index (χ3n) is 2.79. The van der Waals surface area contributed by atoms with Crippen molar-refractivity contribution in [2.75, 3.05) is 5.43 Å². The second kappa shape index (κ2) is 4.35. The molecule has 0 amide bonds. The first-order valence-corrected chi connectivity index (χ1v) is 6.32. The second-order valence-electron chi connectivity index (χ2n) is 3.97. The molecule has 0 saturated heterocycles. The van der Waals surface area contributed by atoms with Crippen LogP contribution >= 0.6 is 11.3 Å². The van der Waals surface area contributed by atoms with Crippen molar-refractivity contribution in [2.45, 2.75) is 13.3 Å². The molecule has 0 aliphatic carbocycles. The molecule has 0 aliphatic heterocycles. The van der Waals surface area contributed by atoms with E-state index in [0.717, 1.165) is 10.8 Å². The molecule has 0 radical (unpaired) electrons. The van der Waals surface area contributed by atoms with Crippen LogP contribution in [-0.2, 0) is 6.42 Å². The van der Waals surface area contributed by atoms with Crippen LogP contribution in [0.1, 0.15) is 17.0 Å². The first-order chi connectivity index (χ1) is 8.78. The molecule has 7 heteroatoms. The van der Waals surface area contributed by atoms with Crippen LogP contribution in [-0.4, -0.2) is 19.8 Å². The maximum atomic E-state index is 5.34. The van der Waals surface area contributed by atoms with E-state index in [1.54, 1.807) is 4.52 Å². The van der Waals surface area contributed by atoms with Gasteiger partial charge in [0, 0.05) is 6.42 Å². The van der Waals surface area contributed by atoms with Crippen LogP contribution in [0.3, 0.4) is 0 Å². The number of benzene rings is 1. The molecular formula is C11H12N6S. The molecule has 3 aromatic rings. The highest BCUT2D eigenvalue weighted by atomic mass is 32.1. The molecule has 2 aromatic heterocycles. The van der Waals surface area contributed by atoms with Crippen LogP contribution in [0.15, 0.2) is 24.3 Å². The number of aromatic nitrogens is 4. The van der Waals surface area contributed by atoms with Crippen molar-refractivity contribution in [2.24, 2.45) is 5.84 Å². The highest BCUT2D eigenvalue weighted by Crippen LogP contribution is 2.19. The lowest BCUT2D eigenvalue weighted by Crippen LogP contribution is -2.07. The summed E-state index contributed by atoms with van der Waals surface area (Å²) in [5.74, 6) is 6.15. The van der Waals surface area contributed by atoms with E-state index < -0.39 is 0 Å². The van der Waals surface area contributed by atoms with Gasteiger partial charge in [-0.3, -0.25) is 5.43 Å². The summed E-state index contributed by atoms with van der Waals surface area (Å²) in [6, 6.07) is 8.22. The summed E-state index contributed by atoms with van der Waals surface area (Å²) in [7, 11) is 0. The van der Waals surface area contributed by atoms with Crippen LogP contribution in [0, 0.1) is 6.92 Å². The summed E-state index contributed by atoms with van der Waals surface area (Å²) in [4.78, 5) is 0.742. The van der Waals surface area contributed by atoms with Crippen molar-refractivity contribution in [3.05, 3.63) is 41.2 Å². The molecule has 1 aromatic carbocycles. The molecule has 2 heterocycles. The maximum Gasteiger partial charge on any atom is 0.236 e. The van der Waals surface area contributed by atoms with Gasteiger partial charge in [0.1, 0.15) is 0 Å². The summed E-state index contributed by atoms with van der Waals surface area (Å²) >= 11 is 1.37. The number of hydrazine groups is 1. The zero-order chi connectivity index (χ0) is 12.5. The normalized spacial score (nSPS) is 11.0. The van der Waals surface area contributed by atoms with Gasteiger partial charge in [-0.15, -0.1) is 15.3 Å². The molecule has 92 valence electrons. The van der Waals surface area contributed by atoms with Gasteiger partial charge in [-0.1, -0.05) is 35.6 Å². The quantitative estimate of drug-likeness (QED) is 0.549. The molecule has 3 N–H and O–H groups in total. The largest absolute Gasteiger partial charge is 0.298 e. The first kappa shape index (κ1) is 11.1. The fourth-order valence-electron chi connectivity index (χ4n) is 1.80. The van der Waals surface area contributed by atoms with Crippen LogP contribution in [0.25, 0.3) is 4.96 Å². The highest BCUT2D eigenvalue weighted by Gasteiger charge is 2.12. The van der Waals surface area contributed by atoms with Gasteiger partial charge in [0.05, 0.1) is 0 Å². The van der Waals surface area contributed by atoms with E-state index in [0.29, 0.717) is 11.6 Å². The number of anilines is 1. The van der Waals surface area contributed by atoms with Gasteiger partial charge in [-0.25, -0.2) is 5.84 Å². The summed E-state index contributed by atoms with van der Waals surface area (Å²) in [6.45, 7) is 2.08. The number of aryl methyl sites for hydroxylation is 1. The SMILES string of the molecule is Cc1ccccc1Cc1nnc2sc(NN)nn12. The van der Waals surface area contributed by atoms with Gasteiger partial charge in [0.2, 0.25) is 10.1 Å². The third kappa shape index (κ3) is 1.83. The topological polar surface area (TPSA) is 81.1 Å². The summed E-state index contributed by atoms with van der Waals surface area (Å²) in [5.41, 5.74) is 4.99. The number of nitrogen functional groups attached to an aromatic ring is 1. The number of nitrogens with one attached hydrogen (secondary N) is 1. The molecule has 0 fully saturated rings. The minimum atomic E-state index is 0.630. The second-order valence-corrected chi connectivity index (χ2v) is 4.92. The van der Waals surface area contributed by atoms with Crippen LogP contribution in [0.4, 0.5) is 5.13 Å². The fraction of sp³-hybridized carbons (Fsp3) is 0.182. The average molecular weight is 260 g/mol. The Hall–Kier alpha value is -1.99.